The highest BCUT2D eigenvalue weighted by Gasteiger charge is 2.29. The molecule has 1 aromatic rings. The highest BCUT2D eigenvalue weighted by molar-refractivity contribution is 8.03. The van der Waals surface area contributed by atoms with Crippen LogP contribution in [0.15, 0.2) is 35.7 Å². The first-order valence-electron chi connectivity index (χ1n) is 7.33. The quantitative estimate of drug-likeness (QED) is 0.422. The number of benzene rings is 1. The molecule has 0 aromatic heterocycles. The van der Waals surface area contributed by atoms with Crippen LogP contribution in [0.5, 0.6) is 5.75 Å². The molecule has 0 saturated heterocycles. The normalized spacial score (nSPS) is 21.2. The number of alkyl halides is 1. The van der Waals surface area contributed by atoms with Gasteiger partial charge in [-0.1, -0.05) is 18.2 Å². The number of carbonyl (C=O) groups is 1. The molecule has 3 unspecified atom stereocenters. The number of carbonyl (C=O) groups excluding carboxylic acids is 1. The molecule has 0 amide bonds. The van der Waals surface area contributed by atoms with Crippen LogP contribution in [0.2, 0.25) is 0 Å². The third kappa shape index (κ3) is 5.42. The molecular weight excluding hydrogens is 338 g/mol. The molecule has 1 aromatic carbocycles. The number of esters is 1. The van der Waals surface area contributed by atoms with E-state index in [0.29, 0.717) is 23.8 Å². The lowest BCUT2D eigenvalue weighted by atomic mass is 10.1. The van der Waals surface area contributed by atoms with E-state index in [-0.39, 0.29) is 12.6 Å². The van der Waals surface area contributed by atoms with Crippen molar-refractivity contribution < 1.29 is 19.4 Å². The molecule has 0 aliphatic carbocycles. The molecule has 23 heavy (non-hydrogen) atoms. The van der Waals surface area contributed by atoms with Crippen molar-refractivity contribution in [1.82, 2.24) is 0 Å². The third-order valence-electron chi connectivity index (χ3n) is 3.30. The fraction of sp³-hybridized carbons (Fsp3) is 0.438. The molecule has 0 spiro atoms. The van der Waals surface area contributed by atoms with Crippen molar-refractivity contribution in [1.29, 1.82) is 0 Å². The Morgan fingerprint density at radius 1 is 1.39 bits per heavy atom. The van der Waals surface area contributed by atoms with E-state index >= 15 is 0 Å². The number of halogens is 1. The van der Waals surface area contributed by atoms with Crippen LogP contribution >= 0.6 is 23.4 Å². The monoisotopic (exact) mass is 357 g/mol. The van der Waals surface area contributed by atoms with E-state index in [4.69, 9.17) is 26.8 Å². The molecule has 1 aliphatic rings. The van der Waals surface area contributed by atoms with Gasteiger partial charge >= 0.3 is 5.97 Å². The van der Waals surface area contributed by atoms with Crippen LogP contribution in [-0.2, 0) is 9.53 Å². The van der Waals surface area contributed by atoms with Gasteiger partial charge in [-0.2, -0.15) is 0 Å². The van der Waals surface area contributed by atoms with Gasteiger partial charge in [-0.05, 0) is 29.5 Å². The number of nitrogens with two attached hydrogens (primary N) is 1. The third-order valence-corrected chi connectivity index (χ3v) is 4.68. The Kier molecular flexibility index (Phi) is 7.23. The van der Waals surface area contributed by atoms with Gasteiger partial charge in [0.2, 0.25) is 0 Å². The number of rotatable bonds is 8. The largest absolute Gasteiger partial charge is 0.494 e. The van der Waals surface area contributed by atoms with E-state index in [1.807, 2.05) is 0 Å². The molecule has 1 heterocycles. The number of ether oxygens (including phenoxy) is 2. The fourth-order valence-corrected chi connectivity index (χ4v) is 3.00. The molecule has 126 valence electrons. The molecule has 7 heteroatoms. The van der Waals surface area contributed by atoms with Gasteiger partial charge in [0, 0.05) is 11.9 Å². The summed E-state index contributed by atoms with van der Waals surface area (Å²) in [6.07, 6.45) is 1.65. The lowest BCUT2D eigenvalue weighted by molar-refractivity contribution is -0.146. The van der Waals surface area contributed by atoms with Gasteiger partial charge in [0.05, 0.1) is 6.61 Å². The van der Waals surface area contributed by atoms with Crippen molar-refractivity contribution in [3.05, 3.63) is 41.3 Å². The molecule has 0 bridgehead atoms. The van der Waals surface area contributed by atoms with Gasteiger partial charge in [-0.25, -0.2) is 0 Å². The first-order valence-corrected chi connectivity index (χ1v) is 8.80. The van der Waals surface area contributed by atoms with Gasteiger partial charge in [-0.15, -0.1) is 23.4 Å². The SMILES string of the molecule is NC1C=CSC1C(=O)OCC(O)c1ccc(OCCCCl)cc1. The predicted octanol–water partition coefficient (Wildman–Crippen LogP) is 2.23. The van der Waals surface area contributed by atoms with Crippen LogP contribution in [0.4, 0.5) is 0 Å². The minimum absolute atomic E-state index is 0.102. The maximum Gasteiger partial charge on any atom is 0.321 e. The summed E-state index contributed by atoms with van der Waals surface area (Å²) >= 11 is 6.91. The zero-order valence-corrected chi connectivity index (χ0v) is 14.1. The zero-order valence-electron chi connectivity index (χ0n) is 12.6. The van der Waals surface area contributed by atoms with Gasteiger partial charge in [0.25, 0.3) is 0 Å². The van der Waals surface area contributed by atoms with E-state index in [1.54, 1.807) is 35.7 Å². The van der Waals surface area contributed by atoms with E-state index in [2.05, 4.69) is 0 Å². The Morgan fingerprint density at radius 2 is 2.13 bits per heavy atom. The minimum atomic E-state index is -0.883. The average Bonchev–Trinajstić information content (AvgIpc) is 2.99. The van der Waals surface area contributed by atoms with Crippen molar-refractivity contribution in [2.75, 3.05) is 19.1 Å². The van der Waals surface area contributed by atoms with Crippen LogP contribution < -0.4 is 10.5 Å². The second-order valence-electron chi connectivity index (χ2n) is 5.07. The zero-order chi connectivity index (χ0) is 16.7. The van der Waals surface area contributed by atoms with Crippen LogP contribution in [-0.4, -0.2) is 41.5 Å². The molecule has 1 aliphatic heterocycles. The Balaban J connectivity index is 1.78. The molecule has 2 rings (SSSR count). The van der Waals surface area contributed by atoms with E-state index in [9.17, 15) is 9.90 Å². The van der Waals surface area contributed by atoms with Crippen molar-refractivity contribution in [3.8, 4) is 5.75 Å². The van der Waals surface area contributed by atoms with Gasteiger partial charge in [-0.3, -0.25) is 4.79 Å². The number of hydrogen-bond acceptors (Lipinski definition) is 6. The molecule has 0 saturated carbocycles. The summed E-state index contributed by atoms with van der Waals surface area (Å²) < 4.78 is 10.6. The number of aliphatic hydroxyl groups excluding tert-OH is 1. The van der Waals surface area contributed by atoms with Crippen LogP contribution in [0.25, 0.3) is 0 Å². The molecular formula is C16H20ClNO4S. The number of thioether (sulfide) groups is 1. The predicted molar refractivity (Wildman–Crippen MR) is 91.7 cm³/mol. The summed E-state index contributed by atoms with van der Waals surface area (Å²) in [5, 5.41) is 11.5. The molecule has 0 radical (unpaired) electrons. The van der Waals surface area contributed by atoms with Crippen LogP contribution in [0.1, 0.15) is 18.1 Å². The summed E-state index contributed by atoms with van der Waals surface area (Å²) in [5.41, 5.74) is 6.43. The Hall–Kier alpha value is -1.21. The van der Waals surface area contributed by atoms with Gasteiger partial charge in [0.1, 0.15) is 23.7 Å². The average molecular weight is 358 g/mol. The van der Waals surface area contributed by atoms with Crippen molar-refractivity contribution in [3.63, 3.8) is 0 Å². The molecule has 3 N–H and O–H groups in total. The summed E-state index contributed by atoms with van der Waals surface area (Å²) in [5.74, 6) is 0.857. The summed E-state index contributed by atoms with van der Waals surface area (Å²) in [6.45, 7) is 0.450. The summed E-state index contributed by atoms with van der Waals surface area (Å²) in [6, 6.07) is 6.68. The maximum atomic E-state index is 11.9. The second kappa shape index (κ2) is 9.17. The first kappa shape index (κ1) is 18.1. The summed E-state index contributed by atoms with van der Waals surface area (Å²) in [7, 11) is 0. The van der Waals surface area contributed by atoms with E-state index in [0.717, 1.165) is 6.42 Å². The number of hydrogen-bond donors (Lipinski definition) is 2. The maximum absolute atomic E-state index is 11.9. The second-order valence-corrected chi connectivity index (χ2v) is 6.50. The molecule has 3 atom stereocenters. The molecule has 5 nitrogen and oxygen atoms in total. The van der Waals surface area contributed by atoms with Crippen LogP contribution in [0.3, 0.4) is 0 Å². The minimum Gasteiger partial charge on any atom is -0.494 e. The van der Waals surface area contributed by atoms with Gasteiger partial charge < -0.3 is 20.3 Å². The van der Waals surface area contributed by atoms with Crippen molar-refractivity contribution >= 4 is 29.3 Å². The summed E-state index contributed by atoms with van der Waals surface area (Å²) in [4.78, 5) is 11.9. The Morgan fingerprint density at radius 3 is 2.74 bits per heavy atom. The lowest BCUT2D eigenvalue weighted by Gasteiger charge is -2.16. The Bertz CT molecular complexity index is 537. The Labute approximate surface area is 144 Å². The van der Waals surface area contributed by atoms with Crippen molar-refractivity contribution in [2.45, 2.75) is 23.8 Å². The number of aliphatic hydroxyl groups is 1. The van der Waals surface area contributed by atoms with Crippen LogP contribution in [0, 0.1) is 0 Å². The van der Waals surface area contributed by atoms with Gasteiger partial charge in [0.15, 0.2) is 0 Å². The smallest absolute Gasteiger partial charge is 0.321 e. The molecule has 0 fully saturated rings. The first-order chi connectivity index (χ1) is 11.1. The topological polar surface area (TPSA) is 81.8 Å². The highest BCUT2D eigenvalue weighted by Crippen LogP contribution is 2.25. The van der Waals surface area contributed by atoms with Crippen molar-refractivity contribution in [2.24, 2.45) is 5.73 Å². The highest BCUT2D eigenvalue weighted by atomic mass is 35.5. The van der Waals surface area contributed by atoms with E-state index in [1.165, 1.54) is 11.8 Å². The lowest BCUT2D eigenvalue weighted by Crippen LogP contribution is -2.35. The standard InChI is InChI=1S/C16H20ClNO4S/c17-7-1-8-21-12-4-2-11(3-5-12)14(19)10-22-16(20)15-13(18)6-9-23-15/h2-6,9,13-15,19H,1,7-8,10,18H2. The van der Waals surface area contributed by atoms with E-state index < -0.39 is 17.3 Å². The fourth-order valence-electron chi connectivity index (χ4n) is 2.00.